The van der Waals surface area contributed by atoms with Gasteiger partial charge in [-0.2, -0.15) is 0 Å². The Morgan fingerprint density at radius 2 is 1.36 bits per heavy atom. The van der Waals surface area contributed by atoms with Gasteiger partial charge in [0.25, 0.3) is 0 Å². The van der Waals surface area contributed by atoms with Crippen LogP contribution in [-0.2, 0) is 19.3 Å². The van der Waals surface area contributed by atoms with Gasteiger partial charge in [0.15, 0.2) is 6.29 Å². The second-order valence-corrected chi connectivity index (χ2v) is 6.43. The number of rotatable bonds is 15. The first-order chi connectivity index (χ1) is 9.99. The molecule has 0 amide bonds. The molecule has 0 radical (unpaired) electrons. The maximum atomic E-state index is 10.5. The van der Waals surface area contributed by atoms with Crippen LogP contribution in [0.2, 0.25) is 0 Å². The van der Waals surface area contributed by atoms with E-state index in [9.17, 15) is 13.0 Å². The van der Waals surface area contributed by atoms with E-state index in [2.05, 4.69) is 11.1 Å². The van der Waals surface area contributed by atoms with Crippen molar-refractivity contribution in [3.63, 3.8) is 0 Å². The molecule has 22 heavy (non-hydrogen) atoms. The molecule has 1 atom stereocenters. The van der Waals surface area contributed by atoms with Crippen LogP contribution in [0.3, 0.4) is 0 Å². The Labute approximate surface area is 148 Å². The summed E-state index contributed by atoms with van der Waals surface area (Å²) in [6.07, 6.45) is 11.1. The van der Waals surface area contributed by atoms with Crippen LogP contribution >= 0.6 is 0 Å². The molecule has 0 aliphatic heterocycles. The third-order valence-corrected chi connectivity index (χ3v) is 3.75. The molecule has 0 bridgehead atoms. The van der Waals surface area contributed by atoms with Crippen LogP contribution in [0.4, 0.5) is 0 Å². The normalized spacial score (nSPS) is 12.9. The Morgan fingerprint density at radius 3 is 1.82 bits per heavy atom. The van der Waals surface area contributed by atoms with Crippen LogP contribution in [0.5, 0.6) is 0 Å². The summed E-state index contributed by atoms with van der Waals surface area (Å²) in [6, 6.07) is 0. The zero-order chi connectivity index (χ0) is 16.0. The first-order valence-corrected chi connectivity index (χ1v) is 9.58. The maximum Gasteiger partial charge on any atom is 1.00 e. The fourth-order valence-electron chi connectivity index (χ4n) is 2.15. The second-order valence-electron chi connectivity index (χ2n) is 5.42. The topological polar surface area (TPSA) is 75.7 Å². The molecule has 0 saturated heterocycles. The number of hydrogen-bond acceptors (Lipinski definition) is 5. The Morgan fingerprint density at radius 1 is 0.864 bits per heavy atom. The van der Waals surface area contributed by atoms with Gasteiger partial charge in [0, 0.05) is 6.61 Å². The Hall–Kier alpha value is 0.427. The molecule has 5 nitrogen and oxygen atoms in total. The van der Waals surface area contributed by atoms with E-state index in [1.54, 1.807) is 0 Å². The van der Waals surface area contributed by atoms with Crippen molar-refractivity contribution in [2.75, 3.05) is 6.61 Å². The predicted molar refractivity (Wildman–Crippen MR) is 82.7 cm³/mol. The summed E-state index contributed by atoms with van der Waals surface area (Å²) in [5, 5.41) is 0. The quantitative estimate of drug-likeness (QED) is 0.148. The largest absolute Gasteiger partial charge is 1.00 e. The average Bonchev–Trinajstić information content (AvgIpc) is 2.39. The SMILES string of the molecule is CCCCCCCCCCCOC(CCC)OS(=O)(=O)[O-].[Li+]. The molecule has 0 aromatic rings. The van der Waals surface area contributed by atoms with Gasteiger partial charge in [0.05, 0.1) is 0 Å². The minimum absolute atomic E-state index is 0. The zero-order valence-corrected chi connectivity index (χ0v) is 15.3. The summed E-state index contributed by atoms with van der Waals surface area (Å²) in [6.45, 7) is 4.54. The first kappa shape index (κ1) is 24.7. The van der Waals surface area contributed by atoms with Gasteiger partial charge in [-0.1, -0.05) is 71.6 Å². The zero-order valence-electron chi connectivity index (χ0n) is 14.5. The van der Waals surface area contributed by atoms with Crippen molar-refractivity contribution < 1.29 is 40.8 Å². The molecule has 0 N–H and O–H groups in total. The summed E-state index contributed by atoms with van der Waals surface area (Å²) < 4.78 is 41.3. The molecule has 1 unspecified atom stereocenters. The van der Waals surface area contributed by atoms with Crippen molar-refractivity contribution in [2.45, 2.75) is 90.8 Å². The van der Waals surface area contributed by atoms with Crippen molar-refractivity contribution >= 4 is 10.4 Å². The summed E-state index contributed by atoms with van der Waals surface area (Å²) >= 11 is 0. The Kier molecular flexibility index (Phi) is 18.3. The van der Waals surface area contributed by atoms with Gasteiger partial charge in [0.1, 0.15) is 0 Å². The molecule has 0 aromatic heterocycles. The molecule has 128 valence electrons. The van der Waals surface area contributed by atoms with Gasteiger partial charge in [-0.15, -0.1) is 0 Å². The molecule has 0 spiro atoms. The molecule has 0 heterocycles. The van der Waals surface area contributed by atoms with Crippen molar-refractivity contribution in [3.8, 4) is 0 Å². The van der Waals surface area contributed by atoms with E-state index in [0.29, 0.717) is 19.4 Å². The van der Waals surface area contributed by atoms with Crippen LogP contribution < -0.4 is 18.9 Å². The van der Waals surface area contributed by atoms with Gasteiger partial charge in [-0.3, -0.25) is 0 Å². The monoisotopic (exact) mass is 330 g/mol. The maximum absolute atomic E-state index is 10.5. The van der Waals surface area contributed by atoms with E-state index in [1.807, 2.05) is 6.92 Å². The van der Waals surface area contributed by atoms with Crippen LogP contribution in [0.25, 0.3) is 0 Å². The molecule has 0 aliphatic carbocycles. The summed E-state index contributed by atoms with van der Waals surface area (Å²) in [5.41, 5.74) is 0. The van der Waals surface area contributed by atoms with Gasteiger partial charge in [0.2, 0.25) is 10.4 Å². The van der Waals surface area contributed by atoms with Crippen molar-refractivity contribution in [2.24, 2.45) is 0 Å². The van der Waals surface area contributed by atoms with Crippen molar-refractivity contribution in [1.82, 2.24) is 0 Å². The molecule has 0 aromatic carbocycles. The minimum Gasteiger partial charge on any atom is -0.725 e. The molecular weight excluding hydrogens is 299 g/mol. The molecular formula is C15H31LiO5S. The van der Waals surface area contributed by atoms with E-state index < -0.39 is 16.7 Å². The summed E-state index contributed by atoms with van der Waals surface area (Å²) in [7, 11) is -4.68. The van der Waals surface area contributed by atoms with E-state index in [1.165, 1.54) is 44.9 Å². The number of unbranched alkanes of at least 4 members (excludes halogenated alkanes) is 8. The fraction of sp³-hybridized carbons (Fsp3) is 1.00. The number of ether oxygens (including phenoxy) is 1. The van der Waals surface area contributed by atoms with E-state index in [4.69, 9.17) is 4.74 Å². The van der Waals surface area contributed by atoms with Crippen LogP contribution in [-0.4, -0.2) is 25.9 Å². The molecule has 0 rings (SSSR count). The third-order valence-electron chi connectivity index (χ3n) is 3.30. The molecule has 7 heteroatoms. The molecule has 0 aliphatic rings. The van der Waals surface area contributed by atoms with Gasteiger partial charge in [-0.25, -0.2) is 12.6 Å². The predicted octanol–water partition coefficient (Wildman–Crippen LogP) is 1.14. The first-order valence-electron chi connectivity index (χ1n) is 8.25. The smallest absolute Gasteiger partial charge is 0.725 e. The number of hydrogen-bond donors (Lipinski definition) is 0. The minimum atomic E-state index is -4.68. The standard InChI is InChI=1S/C15H32O5S.Li/c1-3-5-6-7-8-9-10-11-12-14-19-15(13-4-2)20-21(16,17)18;/h15H,3-14H2,1-2H3,(H,16,17,18);/q;+1/p-1. The second kappa shape index (κ2) is 16.3. The third kappa shape index (κ3) is 18.5. The van der Waals surface area contributed by atoms with Crippen LogP contribution in [0, 0.1) is 0 Å². The van der Waals surface area contributed by atoms with Crippen LogP contribution in [0.1, 0.15) is 84.5 Å². The Bertz CT molecular complexity index is 322. The van der Waals surface area contributed by atoms with Gasteiger partial charge < -0.3 is 9.29 Å². The van der Waals surface area contributed by atoms with Crippen molar-refractivity contribution in [3.05, 3.63) is 0 Å². The van der Waals surface area contributed by atoms with E-state index in [0.717, 1.165) is 12.8 Å². The molecule has 0 fully saturated rings. The summed E-state index contributed by atoms with van der Waals surface area (Å²) in [4.78, 5) is 0. The average molecular weight is 330 g/mol. The van der Waals surface area contributed by atoms with E-state index >= 15 is 0 Å². The van der Waals surface area contributed by atoms with E-state index in [-0.39, 0.29) is 18.9 Å². The van der Waals surface area contributed by atoms with Crippen LogP contribution in [0.15, 0.2) is 0 Å². The fourth-order valence-corrected chi connectivity index (χ4v) is 2.57. The Balaban J connectivity index is 0. The van der Waals surface area contributed by atoms with Gasteiger partial charge >= 0.3 is 18.9 Å². The van der Waals surface area contributed by atoms with Gasteiger partial charge in [-0.05, 0) is 12.8 Å². The molecule has 0 saturated carbocycles. The van der Waals surface area contributed by atoms with Crippen molar-refractivity contribution in [1.29, 1.82) is 0 Å². The summed E-state index contributed by atoms with van der Waals surface area (Å²) in [5.74, 6) is 0.